The van der Waals surface area contributed by atoms with Crippen LogP contribution in [-0.4, -0.2) is 0 Å². The average molecular weight is 532 g/mol. The second-order valence-corrected chi connectivity index (χ2v) is 8.63. The number of benzene rings is 4. The highest BCUT2D eigenvalue weighted by atomic mass is 19.4. The summed E-state index contributed by atoms with van der Waals surface area (Å²) in [6.45, 7) is 1.75. The molecular weight excluding hydrogens is 512 g/mol. The minimum atomic E-state index is -5.22. The molecule has 0 unspecified atom stereocenters. The number of halogens is 8. The molecule has 196 valence electrons. The maximum atomic E-state index is 14.8. The lowest BCUT2D eigenvalue weighted by Gasteiger charge is -2.12. The Bertz CT molecular complexity index is 1460. The second-order valence-electron chi connectivity index (χ2n) is 8.63. The highest BCUT2D eigenvalue weighted by molar-refractivity contribution is 5.74. The normalized spacial score (nSPS) is 12.4. The van der Waals surface area contributed by atoms with Crippen LogP contribution < -0.4 is 0 Å². The Balaban J connectivity index is 1.57. The van der Waals surface area contributed by atoms with Gasteiger partial charge < -0.3 is 0 Å². The van der Waals surface area contributed by atoms with E-state index in [0.717, 1.165) is 17.2 Å². The Morgan fingerprint density at radius 3 is 1.53 bits per heavy atom. The van der Waals surface area contributed by atoms with Gasteiger partial charge in [-0.15, -0.1) is 0 Å². The molecule has 4 aromatic carbocycles. The first-order valence-electron chi connectivity index (χ1n) is 11.6. The van der Waals surface area contributed by atoms with E-state index in [1.165, 1.54) is 24.3 Å². The van der Waals surface area contributed by atoms with Crippen LogP contribution in [0.1, 0.15) is 30.9 Å². The van der Waals surface area contributed by atoms with Crippen molar-refractivity contribution in [2.24, 2.45) is 0 Å². The van der Waals surface area contributed by atoms with Gasteiger partial charge in [-0.2, -0.15) is 13.2 Å². The van der Waals surface area contributed by atoms with Crippen molar-refractivity contribution in [3.63, 3.8) is 0 Å². The van der Waals surface area contributed by atoms with Gasteiger partial charge in [0.1, 0.15) is 28.8 Å². The van der Waals surface area contributed by atoms with Crippen LogP contribution in [0.15, 0.2) is 84.7 Å². The van der Waals surface area contributed by atoms with Crippen LogP contribution in [0.4, 0.5) is 35.1 Å². The van der Waals surface area contributed by atoms with Gasteiger partial charge in [-0.25, -0.2) is 22.0 Å². The molecule has 0 aliphatic heterocycles. The van der Waals surface area contributed by atoms with Gasteiger partial charge in [0.15, 0.2) is 5.83 Å². The highest BCUT2D eigenvalue weighted by Gasteiger charge is 2.38. The third kappa shape index (κ3) is 5.64. The topological polar surface area (TPSA) is 0 Å². The molecule has 0 aliphatic rings. The largest absolute Gasteiger partial charge is 0.422 e. The summed E-state index contributed by atoms with van der Waals surface area (Å²) in [5.74, 6) is -6.21. The summed E-state index contributed by atoms with van der Waals surface area (Å²) in [6.07, 6.45) is -4.71. The van der Waals surface area contributed by atoms with Crippen molar-refractivity contribution in [3.05, 3.63) is 113 Å². The van der Waals surface area contributed by atoms with E-state index >= 15 is 0 Å². The summed E-state index contributed by atoms with van der Waals surface area (Å²) in [7, 11) is 0. The minimum Gasteiger partial charge on any atom is -0.209 e. The molecule has 0 fully saturated rings. The molecule has 0 heterocycles. The summed E-state index contributed by atoms with van der Waals surface area (Å²) in [6, 6.07) is 17.9. The average Bonchev–Trinajstić information content (AvgIpc) is 2.87. The number of rotatable bonds is 6. The number of hydrogen-bond donors (Lipinski definition) is 0. The lowest BCUT2D eigenvalue weighted by Crippen LogP contribution is -2.11. The molecule has 0 aliphatic carbocycles. The zero-order valence-corrected chi connectivity index (χ0v) is 19.9. The predicted octanol–water partition coefficient (Wildman–Crippen LogP) is 10.5. The molecule has 0 saturated heterocycles. The van der Waals surface area contributed by atoms with Crippen LogP contribution in [0.25, 0.3) is 39.2 Å². The molecular formula is C30H20F8. The van der Waals surface area contributed by atoms with Gasteiger partial charge in [0.05, 0.1) is 0 Å². The van der Waals surface area contributed by atoms with Crippen LogP contribution >= 0.6 is 0 Å². The van der Waals surface area contributed by atoms with E-state index in [0.29, 0.717) is 29.7 Å². The van der Waals surface area contributed by atoms with Crippen molar-refractivity contribution < 1.29 is 35.1 Å². The quantitative estimate of drug-likeness (QED) is 0.217. The number of alkyl halides is 3. The summed E-state index contributed by atoms with van der Waals surface area (Å²) < 4.78 is 109. The van der Waals surface area contributed by atoms with E-state index in [-0.39, 0.29) is 23.1 Å². The molecule has 0 bridgehead atoms. The zero-order chi connectivity index (χ0) is 27.6. The van der Waals surface area contributed by atoms with Gasteiger partial charge in [0, 0.05) is 17.5 Å². The van der Waals surface area contributed by atoms with E-state index in [1.54, 1.807) is 43.3 Å². The van der Waals surface area contributed by atoms with Gasteiger partial charge >= 0.3 is 6.18 Å². The highest BCUT2D eigenvalue weighted by Crippen LogP contribution is 2.37. The fourth-order valence-electron chi connectivity index (χ4n) is 4.08. The van der Waals surface area contributed by atoms with E-state index < -0.39 is 40.8 Å². The first kappa shape index (κ1) is 27.1. The monoisotopic (exact) mass is 532 g/mol. The van der Waals surface area contributed by atoms with Gasteiger partial charge in [-0.05, 0) is 52.4 Å². The maximum Gasteiger partial charge on any atom is 0.422 e. The number of allylic oxidation sites excluding steroid dienone is 1. The SMILES string of the molecule is CCCC(F)=C(F)c1ccc(-c2ccc(-c3ccc(-c4cc(F)c(C(F)(F)F)c(F)c4)c(F)c3)cc2)cc1. The van der Waals surface area contributed by atoms with E-state index in [4.69, 9.17) is 0 Å². The van der Waals surface area contributed by atoms with Gasteiger partial charge in [-0.1, -0.05) is 67.6 Å². The number of hydrogen-bond acceptors (Lipinski definition) is 0. The smallest absolute Gasteiger partial charge is 0.209 e. The van der Waals surface area contributed by atoms with Crippen LogP contribution in [0.5, 0.6) is 0 Å². The Morgan fingerprint density at radius 1 is 0.605 bits per heavy atom. The van der Waals surface area contributed by atoms with Gasteiger partial charge in [0.25, 0.3) is 0 Å². The summed E-state index contributed by atoms with van der Waals surface area (Å²) in [5.41, 5.74) is 0.0440. The van der Waals surface area contributed by atoms with Crippen LogP contribution in [0.2, 0.25) is 0 Å². The molecule has 0 saturated carbocycles. The summed E-state index contributed by atoms with van der Waals surface area (Å²) >= 11 is 0. The minimum absolute atomic E-state index is 0.0226. The van der Waals surface area contributed by atoms with Crippen molar-refractivity contribution in [3.8, 4) is 33.4 Å². The standard InChI is InChI=1S/C30H20F8/c1-2-3-24(31)29(35)20-10-8-18(9-11-20)17-4-6-19(7-5-17)21-12-13-23(25(32)14-21)22-15-26(33)28(27(34)16-22)30(36,37)38/h4-16H,2-3H2,1H3. The van der Waals surface area contributed by atoms with Crippen molar-refractivity contribution in [1.82, 2.24) is 0 Å². The molecule has 0 atom stereocenters. The van der Waals surface area contributed by atoms with E-state index in [2.05, 4.69) is 0 Å². The molecule has 38 heavy (non-hydrogen) atoms. The third-order valence-electron chi connectivity index (χ3n) is 6.00. The first-order chi connectivity index (χ1) is 18.0. The van der Waals surface area contributed by atoms with Crippen molar-refractivity contribution >= 4 is 5.83 Å². The van der Waals surface area contributed by atoms with Gasteiger partial charge in [0.2, 0.25) is 0 Å². The fourth-order valence-corrected chi connectivity index (χ4v) is 4.08. The van der Waals surface area contributed by atoms with Crippen LogP contribution in [0.3, 0.4) is 0 Å². The zero-order valence-electron chi connectivity index (χ0n) is 19.9. The second kappa shape index (κ2) is 10.8. The molecule has 0 radical (unpaired) electrons. The molecule has 0 amide bonds. The summed E-state index contributed by atoms with van der Waals surface area (Å²) in [5, 5.41) is 0. The third-order valence-corrected chi connectivity index (χ3v) is 6.00. The fraction of sp³-hybridized carbons (Fsp3) is 0.133. The van der Waals surface area contributed by atoms with Crippen LogP contribution in [-0.2, 0) is 6.18 Å². The van der Waals surface area contributed by atoms with Gasteiger partial charge in [-0.3, -0.25) is 0 Å². The van der Waals surface area contributed by atoms with E-state index in [9.17, 15) is 35.1 Å². The first-order valence-corrected chi connectivity index (χ1v) is 11.6. The lowest BCUT2D eigenvalue weighted by molar-refractivity contribution is -0.142. The predicted molar refractivity (Wildman–Crippen MR) is 132 cm³/mol. The van der Waals surface area contributed by atoms with Crippen molar-refractivity contribution in [2.45, 2.75) is 25.9 Å². The molecule has 4 rings (SSSR count). The molecule has 0 nitrogen and oxygen atoms in total. The van der Waals surface area contributed by atoms with E-state index in [1.807, 2.05) is 0 Å². The molecule has 0 aromatic heterocycles. The molecule has 8 heteroatoms. The molecule has 0 N–H and O–H groups in total. The Labute approximate surface area is 213 Å². The Hall–Kier alpha value is -3.94. The molecule has 4 aromatic rings. The summed E-state index contributed by atoms with van der Waals surface area (Å²) in [4.78, 5) is 0. The Morgan fingerprint density at radius 2 is 1.05 bits per heavy atom. The maximum absolute atomic E-state index is 14.8. The molecule has 0 spiro atoms. The van der Waals surface area contributed by atoms with Crippen molar-refractivity contribution in [1.29, 1.82) is 0 Å². The van der Waals surface area contributed by atoms with Crippen LogP contribution in [0, 0.1) is 17.5 Å². The lowest BCUT2D eigenvalue weighted by atomic mass is 9.96. The Kier molecular flexibility index (Phi) is 7.71. The van der Waals surface area contributed by atoms with Crippen molar-refractivity contribution in [2.75, 3.05) is 0 Å².